The van der Waals surface area contributed by atoms with E-state index in [2.05, 4.69) is 20.6 Å². The van der Waals surface area contributed by atoms with Crippen LogP contribution in [0.1, 0.15) is 31.4 Å². The van der Waals surface area contributed by atoms with E-state index in [1.807, 2.05) is 12.1 Å². The van der Waals surface area contributed by atoms with E-state index in [-0.39, 0.29) is 5.91 Å². The summed E-state index contributed by atoms with van der Waals surface area (Å²) in [6.45, 7) is 2.91. The lowest BCUT2D eigenvalue weighted by Crippen LogP contribution is -2.44. The molecule has 2 aromatic heterocycles. The van der Waals surface area contributed by atoms with Crippen molar-refractivity contribution in [1.29, 1.82) is 0 Å². The molecule has 6 heteroatoms. The van der Waals surface area contributed by atoms with Crippen LogP contribution >= 0.6 is 11.3 Å². The van der Waals surface area contributed by atoms with Gasteiger partial charge in [-0.25, -0.2) is 4.98 Å². The molecule has 0 spiro atoms. The molecule has 1 aliphatic carbocycles. The Bertz CT molecular complexity index is 655. The second-order valence-corrected chi connectivity index (χ2v) is 7.31. The number of carbonyl (C=O) groups is 1. The van der Waals surface area contributed by atoms with Gasteiger partial charge in [-0.1, -0.05) is 0 Å². The van der Waals surface area contributed by atoms with Crippen LogP contribution in [0.15, 0.2) is 28.2 Å². The van der Waals surface area contributed by atoms with Crippen molar-refractivity contribution in [2.24, 2.45) is 5.92 Å². The Morgan fingerprint density at radius 1 is 1.35 bits per heavy atom. The first kappa shape index (κ1) is 14.9. The Kier molecular flexibility index (Phi) is 4.18. The van der Waals surface area contributed by atoms with Crippen LogP contribution in [0.5, 0.6) is 0 Å². The van der Waals surface area contributed by atoms with Crippen molar-refractivity contribution in [3.8, 4) is 10.8 Å². The molecule has 4 rings (SSSR count). The van der Waals surface area contributed by atoms with Crippen LogP contribution in [0.25, 0.3) is 10.8 Å². The Hall–Kier alpha value is -1.66. The highest BCUT2D eigenvalue weighted by Crippen LogP contribution is 2.29. The summed E-state index contributed by atoms with van der Waals surface area (Å²) in [5.41, 5.74) is 1.10. The maximum atomic E-state index is 11.8. The van der Waals surface area contributed by atoms with Gasteiger partial charge >= 0.3 is 0 Å². The number of thiazole rings is 1. The Morgan fingerprint density at radius 2 is 2.17 bits per heavy atom. The van der Waals surface area contributed by atoms with Crippen LogP contribution in [0, 0.1) is 5.92 Å². The summed E-state index contributed by atoms with van der Waals surface area (Å²) < 4.78 is 5.39. The molecule has 1 amide bonds. The molecule has 2 aromatic rings. The van der Waals surface area contributed by atoms with Crippen molar-refractivity contribution < 1.29 is 9.21 Å². The van der Waals surface area contributed by atoms with Gasteiger partial charge in [0.1, 0.15) is 0 Å². The Labute approximate surface area is 139 Å². The molecule has 2 fully saturated rings. The number of piperidine rings is 1. The average Bonchev–Trinajstić information content (AvgIpc) is 3.08. The summed E-state index contributed by atoms with van der Waals surface area (Å²) in [6.07, 6.45) is 5.90. The lowest BCUT2D eigenvalue weighted by molar-refractivity contribution is -0.123. The molecule has 0 unspecified atom stereocenters. The predicted octanol–water partition coefficient (Wildman–Crippen LogP) is 2.89. The van der Waals surface area contributed by atoms with Gasteiger partial charge in [-0.15, -0.1) is 11.3 Å². The van der Waals surface area contributed by atoms with Crippen molar-refractivity contribution in [3.05, 3.63) is 29.5 Å². The first-order chi connectivity index (χ1) is 11.3. The minimum atomic E-state index is 0.269. The fraction of sp³-hybridized carbons (Fsp3) is 0.529. The monoisotopic (exact) mass is 331 g/mol. The third-order valence-electron chi connectivity index (χ3n) is 4.55. The molecule has 0 aromatic carbocycles. The van der Waals surface area contributed by atoms with E-state index in [9.17, 15) is 4.79 Å². The minimum absolute atomic E-state index is 0.269. The molecule has 1 N–H and O–H groups in total. The molecule has 0 radical (unpaired) electrons. The standard InChI is InChI=1S/C17H21N3O2S/c21-16(12-3-4-12)18-13-5-7-20(8-6-13)10-14-11-23-17(19-14)15-2-1-9-22-15/h1-2,9,11-13H,3-8,10H2,(H,18,21). The summed E-state index contributed by atoms with van der Waals surface area (Å²) in [5.74, 6) is 1.41. The topological polar surface area (TPSA) is 58.4 Å². The largest absolute Gasteiger partial charge is 0.462 e. The molecule has 122 valence electrons. The summed E-state index contributed by atoms with van der Waals surface area (Å²) in [7, 11) is 0. The lowest BCUT2D eigenvalue weighted by atomic mass is 10.0. The number of amides is 1. The van der Waals surface area contributed by atoms with Gasteiger partial charge in [-0.05, 0) is 37.8 Å². The summed E-state index contributed by atoms with van der Waals surface area (Å²) in [5, 5.41) is 6.25. The number of nitrogens with one attached hydrogen (secondary N) is 1. The number of aromatic nitrogens is 1. The fourth-order valence-electron chi connectivity index (χ4n) is 3.02. The van der Waals surface area contributed by atoms with Gasteiger partial charge < -0.3 is 9.73 Å². The van der Waals surface area contributed by atoms with Gasteiger partial charge in [0.2, 0.25) is 5.91 Å². The molecule has 1 saturated carbocycles. The van der Waals surface area contributed by atoms with Gasteiger partial charge in [0, 0.05) is 37.0 Å². The lowest BCUT2D eigenvalue weighted by Gasteiger charge is -2.31. The van der Waals surface area contributed by atoms with Crippen molar-refractivity contribution in [2.75, 3.05) is 13.1 Å². The summed E-state index contributed by atoms with van der Waals surface area (Å²) >= 11 is 1.63. The molecule has 2 aliphatic rings. The molecule has 3 heterocycles. The first-order valence-corrected chi connectivity index (χ1v) is 9.17. The molecular weight excluding hydrogens is 310 g/mol. The number of hydrogen-bond donors (Lipinski definition) is 1. The quantitative estimate of drug-likeness (QED) is 0.915. The highest BCUT2D eigenvalue weighted by molar-refractivity contribution is 7.13. The first-order valence-electron chi connectivity index (χ1n) is 8.29. The van der Waals surface area contributed by atoms with E-state index in [0.717, 1.165) is 61.8 Å². The number of carbonyl (C=O) groups excluding carboxylic acids is 1. The number of nitrogens with zero attached hydrogens (tertiary/aromatic N) is 2. The maximum absolute atomic E-state index is 11.8. The fourth-order valence-corrected chi connectivity index (χ4v) is 3.80. The van der Waals surface area contributed by atoms with Crippen molar-refractivity contribution >= 4 is 17.2 Å². The predicted molar refractivity (Wildman–Crippen MR) is 89.0 cm³/mol. The normalized spacial score (nSPS) is 19.8. The average molecular weight is 331 g/mol. The van der Waals surface area contributed by atoms with Crippen LogP contribution in [-0.2, 0) is 11.3 Å². The van der Waals surface area contributed by atoms with Crippen LogP contribution < -0.4 is 5.32 Å². The minimum Gasteiger partial charge on any atom is -0.462 e. The Morgan fingerprint density at radius 3 is 2.87 bits per heavy atom. The zero-order chi connectivity index (χ0) is 15.6. The van der Waals surface area contributed by atoms with Gasteiger partial charge in [-0.2, -0.15) is 0 Å². The SMILES string of the molecule is O=C(NC1CCN(Cc2csc(-c3ccco3)n2)CC1)C1CC1. The van der Waals surface area contributed by atoms with E-state index in [0.29, 0.717) is 12.0 Å². The zero-order valence-corrected chi connectivity index (χ0v) is 13.8. The Balaban J connectivity index is 1.27. The molecule has 1 saturated heterocycles. The number of likely N-dealkylation sites (tertiary alicyclic amines) is 1. The van der Waals surface area contributed by atoms with Crippen molar-refractivity contribution in [3.63, 3.8) is 0 Å². The molecule has 1 aliphatic heterocycles. The van der Waals surface area contributed by atoms with E-state index in [1.165, 1.54) is 0 Å². The van der Waals surface area contributed by atoms with Crippen LogP contribution in [-0.4, -0.2) is 34.9 Å². The van der Waals surface area contributed by atoms with Crippen molar-refractivity contribution in [2.45, 2.75) is 38.3 Å². The highest BCUT2D eigenvalue weighted by Gasteiger charge is 2.31. The van der Waals surface area contributed by atoms with Gasteiger partial charge in [0.25, 0.3) is 0 Å². The van der Waals surface area contributed by atoms with Gasteiger partial charge in [0.15, 0.2) is 10.8 Å². The van der Waals surface area contributed by atoms with Gasteiger partial charge in [-0.3, -0.25) is 9.69 Å². The van der Waals surface area contributed by atoms with E-state index >= 15 is 0 Å². The molecular formula is C17H21N3O2S. The summed E-state index contributed by atoms with van der Waals surface area (Å²) in [6, 6.07) is 4.18. The summed E-state index contributed by atoms with van der Waals surface area (Å²) in [4.78, 5) is 18.9. The number of hydrogen-bond acceptors (Lipinski definition) is 5. The third-order valence-corrected chi connectivity index (χ3v) is 5.46. The smallest absolute Gasteiger partial charge is 0.223 e. The zero-order valence-electron chi connectivity index (χ0n) is 13.0. The second kappa shape index (κ2) is 6.45. The molecule has 23 heavy (non-hydrogen) atoms. The van der Waals surface area contributed by atoms with Crippen LogP contribution in [0.3, 0.4) is 0 Å². The maximum Gasteiger partial charge on any atom is 0.223 e. The van der Waals surface area contributed by atoms with Crippen LogP contribution in [0.2, 0.25) is 0 Å². The van der Waals surface area contributed by atoms with Gasteiger partial charge in [0.05, 0.1) is 12.0 Å². The highest BCUT2D eigenvalue weighted by atomic mass is 32.1. The van der Waals surface area contributed by atoms with E-state index < -0.39 is 0 Å². The number of furan rings is 1. The van der Waals surface area contributed by atoms with E-state index in [4.69, 9.17) is 4.42 Å². The van der Waals surface area contributed by atoms with Crippen molar-refractivity contribution in [1.82, 2.24) is 15.2 Å². The molecule has 5 nitrogen and oxygen atoms in total. The molecule has 0 atom stereocenters. The third kappa shape index (κ3) is 3.64. The second-order valence-electron chi connectivity index (χ2n) is 6.45. The molecule has 0 bridgehead atoms. The van der Waals surface area contributed by atoms with Crippen LogP contribution in [0.4, 0.5) is 0 Å². The van der Waals surface area contributed by atoms with E-state index in [1.54, 1.807) is 17.6 Å². The number of rotatable bonds is 5.